The topological polar surface area (TPSA) is 106 Å². The molecule has 2 aromatic carbocycles. The third kappa shape index (κ3) is 4.10. The lowest BCUT2D eigenvalue weighted by Gasteiger charge is -2.09. The van der Waals surface area contributed by atoms with Crippen molar-refractivity contribution in [2.75, 3.05) is 0 Å². The van der Waals surface area contributed by atoms with Gasteiger partial charge in [0.25, 0.3) is 0 Å². The van der Waals surface area contributed by atoms with Crippen molar-refractivity contribution in [3.8, 4) is 0 Å². The lowest BCUT2D eigenvalue weighted by atomic mass is 10.2. The monoisotopic (exact) mass is 362 g/mol. The van der Waals surface area contributed by atoms with Crippen LogP contribution in [0.5, 0.6) is 0 Å². The number of hydrogen-bond donors (Lipinski definition) is 2. The molecule has 0 fully saturated rings. The highest BCUT2D eigenvalue weighted by Gasteiger charge is 2.19. The first-order chi connectivity index (χ1) is 10.6. The Morgan fingerprint density at radius 1 is 0.957 bits per heavy atom. The number of nitrogens with two attached hydrogens (primary N) is 1. The van der Waals surface area contributed by atoms with Gasteiger partial charge in [-0.3, -0.25) is 0 Å². The Kier molecular flexibility index (Phi) is 4.80. The smallest absolute Gasteiger partial charge is 0.225 e. The molecule has 0 saturated carbocycles. The van der Waals surface area contributed by atoms with E-state index in [0.717, 1.165) is 30.3 Å². The number of benzene rings is 2. The zero-order valence-electron chi connectivity index (χ0n) is 11.5. The van der Waals surface area contributed by atoms with Crippen LogP contribution in [0.2, 0.25) is 0 Å². The summed E-state index contributed by atoms with van der Waals surface area (Å²) in [4.78, 5) is -0.956. The molecule has 0 saturated heterocycles. The van der Waals surface area contributed by atoms with Gasteiger partial charge in [0.1, 0.15) is 16.5 Å². The Hall–Kier alpha value is -1.88. The quantitative estimate of drug-likeness (QED) is 0.830. The van der Waals surface area contributed by atoms with Crippen LogP contribution in [0.25, 0.3) is 0 Å². The second-order valence-electron chi connectivity index (χ2n) is 4.55. The Balaban J connectivity index is 2.29. The molecule has 0 heterocycles. The second-order valence-corrected chi connectivity index (χ2v) is 7.85. The fourth-order valence-corrected chi connectivity index (χ4v) is 3.42. The molecule has 0 amide bonds. The molecule has 0 aliphatic heterocycles. The van der Waals surface area contributed by atoms with Gasteiger partial charge in [-0.15, -0.1) is 0 Å². The Bertz CT molecular complexity index is 944. The maximum Gasteiger partial charge on any atom is 0.243 e. The van der Waals surface area contributed by atoms with E-state index in [1.807, 2.05) is 4.72 Å². The average molecular weight is 362 g/mol. The Labute approximate surface area is 132 Å². The van der Waals surface area contributed by atoms with Crippen molar-refractivity contribution in [1.29, 1.82) is 0 Å². The lowest BCUT2D eigenvalue weighted by Crippen LogP contribution is -2.25. The van der Waals surface area contributed by atoms with E-state index in [1.165, 1.54) is 12.1 Å². The molecule has 2 rings (SSSR count). The molecule has 0 spiro atoms. The van der Waals surface area contributed by atoms with Gasteiger partial charge >= 0.3 is 0 Å². The highest BCUT2D eigenvalue weighted by Crippen LogP contribution is 2.17. The largest absolute Gasteiger partial charge is 0.243 e. The minimum Gasteiger partial charge on any atom is -0.225 e. The van der Waals surface area contributed by atoms with Crippen molar-refractivity contribution < 1.29 is 25.6 Å². The van der Waals surface area contributed by atoms with Gasteiger partial charge in [0.05, 0.1) is 4.90 Å². The molecule has 0 atom stereocenters. The molecule has 0 aliphatic carbocycles. The summed E-state index contributed by atoms with van der Waals surface area (Å²) in [5, 5.41) is 4.93. The van der Waals surface area contributed by atoms with Gasteiger partial charge in [0.15, 0.2) is 0 Å². The molecule has 6 nitrogen and oxygen atoms in total. The SMILES string of the molecule is NS(=O)(=O)c1ccc(F)c(CNS(=O)(=O)c2ccccc2F)c1. The van der Waals surface area contributed by atoms with Crippen LogP contribution in [0.15, 0.2) is 52.3 Å². The van der Waals surface area contributed by atoms with Gasteiger partial charge in [0.2, 0.25) is 20.0 Å². The molecule has 0 radical (unpaired) electrons. The van der Waals surface area contributed by atoms with E-state index in [-0.39, 0.29) is 10.5 Å². The highest BCUT2D eigenvalue weighted by molar-refractivity contribution is 7.89. The van der Waals surface area contributed by atoms with E-state index in [1.54, 1.807) is 0 Å². The summed E-state index contributed by atoms with van der Waals surface area (Å²) in [7, 11) is -8.29. The summed E-state index contributed by atoms with van der Waals surface area (Å²) in [6.45, 7) is -0.564. The normalized spacial score (nSPS) is 12.3. The molecule has 0 bridgehead atoms. The zero-order valence-corrected chi connectivity index (χ0v) is 13.2. The molecular weight excluding hydrogens is 350 g/mol. The number of hydrogen-bond acceptors (Lipinski definition) is 4. The summed E-state index contributed by atoms with van der Waals surface area (Å²) in [5.41, 5.74) is -0.239. The minimum atomic E-state index is -4.23. The molecule has 2 aromatic rings. The molecule has 0 aliphatic rings. The molecule has 0 aromatic heterocycles. The van der Waals surface area contributed by atoms with Crippen molar-refractivity contribution in [1.82, 2.24) is 4.72 Å². The van der Waals surface area contributed by atoms with E-state index in [2.05, 4.69) is 0 Å². The van der Waals surface area contributed by atoms with E-state index < -0.39 is 43.1 Å². The molecule has 23 heavy (non-hydrogen) atoms. The molecule has 10 heteroatoms. The fourth-order valence-electron chi connectivity index (χ4n) is 1.78. The molecule has 124 valence electrons. The second kappa shape index (κ2) is 6.32. The van der Waals surface area contributed by atoms with Crippen LogP contribution in [0, 0.1) is 11.6 Å². The van der Waals surface area contributed by atoms with Crippen LogP contribution in [0.3, 0.4) is 0 Å². The van der Waals surface area contributed by atoms with Crippen LogP contribution in [-0.2, 0) is 26.6 Å². The highest BCUT2D eigenvalue weighted by atomic mass is 32.2. The van der Waals surface area contributed by atoms with Crippen molar-refractivity contribution in [3.05, 3.63) is 59.7 Å². The predicted octanol–water partition coefficient (Wildman–Crippen LogP) is 1.09. The maximum atomic E-state index is 13.7. The number of rotatable bonds is 5. The standard InChI is InChI=1S/C13H12F2N2O4S2/c14-11-6-5-10(22(16,18)19)7-9(11)8-17-23(20,21)13-4-2-1-3-12(13)15/h1-7,17H,8H2,(H2,16,18,19). The minimum absolute atomic E-state index is 0.239. The average Bonchev–Trinajstić information content (AvgIpc) is 2.45. The first kappa shape index (κ1) is 17.5. The van der Waals surface area contributed by atoms with E-state index in [4.69, 9.17) is 5.14 Å². The first-order valence-corrected chi connectivity index (χ1v) is 9.19. The third-order valence-corrected chi connectivity index (χ3v) is 5.27. The van der Waals surface area contributed by atoms with Crippen molar-refractivity contribution in [3.63, 3.8) is 0 Å². The summed E-state index contributed by atoms with van der Waals surface area (Å²) in [6, 6.07) is 7.40. The number of primary sulfonamides is 1. The Morgan fingerprint density at radius 3 is 2.22 bits per heavy atom. The number of nitrogens with one attached hydrogen (secondary N) is 1. The van der Waals surface area contributed by atoms with Crippen LogP contribution in [0.4, 0.5) is 8.78 Å². The van der Waals surface area contributed by atoms with Gasteiger partial charge in [-0.1, -0.05) is 12.1 Å². The fraction of sp³-hybridized carbons (Fsp3) is 0.0769. The first-order valence-electron chi connectivity index (χ1n) is 6.17. The van der Waals surface area contributed by atoms with Gasteiger partial charge < -0.3 is 0 Å². The van der Waals surface area contributed by atoms with Gasteiger partial charge in [-0.05, 0) is 30.3 Å². The molecule has 0 unspecified atom stereocenters. The molecule has 3 N–H and O–H groups in total. The van der Waals surface area contributed by atoms with Crippen LogP contribution in [-0.4, -0.2) is 16.8 Å². The summed E-state index contributed by atoms with van der Waals surface area (Å²) in [6.07, 6.45) is 0. The van der Waals surface area contributed by atoms with E-state index in [9.17, 15) is 25.6 Å². The number of halogens is 2. The van der Waals surface area contributed by atoms with Crippen molar-refractivity contribution in [2.24, 2.45) is 5.14 Å². The van der Waals surface area contributed by atoms with Crippen LogP contribution < -0.4 is 9.86 Å². The van der Waals surface area contributed by atoms with Crippen LogP contribution in [0.1, 0.15) is 5.56 Å². The van der Waals surface area contributed by atoms with Crippen LogP contribution >= 0.6 is 0 Å². The summed E-state index contributed by atoms with van der Waals surface area (Å²) < 4.78 is 75.7. The zero-order chi connectivity index (χ0) is 17.3. The Morgan fingerprint density at radius 2 is 1.61 bits per heavy atom. The third-order valence-electron chi connectivity index (χ3n) is 2.92. The van der Waals surface area contributed by atoms with E-state index in [0.29, 0.717) is 0 Å². The maximum absolute atomic E-state index is 13.7. The molecular formula is C13H12F2N2O4S2. The summed E-state index contributed by atoms with van der Waals surface area (Å²) >= 11 is 0. The van der Waals surface area contributed by atoms with Gasteiger partial charge in [-0.2, -0.15) is 0 Å². The number of sulfonamides is 2. The van der Waals surface area contributed by atoms with E-state index >= 15 is 0 Å². The van der Waals surface area contributed by atoms with Crippen molar-refractivity contribution >= 4 is 20.0 Å². The van der Waals surface area contributed by atoms with Crippen molar-refractivity contribution in [2.45, 2.75) is 16.3 Å². The lowest BCUT2D eigenvalue weighted by molar-refractivity contribution is 0.553. The summed E-state index contributed by atoms with van der Waals surface area (Å²) in [5.74, 6) is -1.78. The van der Waals surface area contributed by atoms with Gasteiger partial charge in [-0.25, -0.2) is 35.5 Å². The predicted molar refractivity (Wildman–Crippen MR) is 78.2 cm³/mol. The van der Waals surface area contributed by atoms with Gasteiger partial charge in [0, 0.05) is 12.1 Å².